The Bertz CT molecular complexity index is 1120. The van der Waals surface area contributed by atoms with Crippen LogP contribution in [-0.2, 0) is 6.54 Å². The molecule has 0 spiro atoms. The lowest BCUT2D eigenvalue weighted by Crippen LogP contribution is -2.09. The van der Waals surface area contributed by atoms with Crippen molar-refractivity contribution >= 4 is 62.9 Å². The molecule has 0 atom stereocenters. The van der Waals surface area contributed by atoms with Crippen molar-refractivity contribution in [2.24, 2.45) is 11.5 Å². The number of hydrogen-bond donors (Lipinski definition) is 4. The second-order valence-corrected chi connectivity index (χ2v) is 6.78. The van der Waals surface area contributed by atoms with Gasteiger partial charge in [0.25, 0.3) is 0 Å². The van der Waals surface area contributed by atoms with Gasteiger partial charge in [-0.15, -0.1) is 0 Å². The molecule has 0 aliphatic heterocycles. The van der Waals surface area contributed by atoms with E-state index in [9.17, 15) is 0 Å². The number of nitrogens with one attached hydrogen (secondary N) is 2. The third-order valence-electron chi connectivity index (χ3n) is 4.18. The predicted octanol–water partition coefficient (Wildman–Crippen LogP) is 4.75. The largest absolute Gasteiger partial charge is 0.390 e. The average molecular weight is 415 g/mol. The zero-order chi connectivity index (χ0) is 20.1. The van der Waals surface area contributed by atoms with Gasteiger partial charge >= 0.3 is 0 Å². The minimum Gasteiger partial charge on any atom is -0.390 e. The monoisotopic (exact) mass is 414 g/mol. The van der Waals surface area contributed by atoms with Gasteiger partial charge in [0.05, 0.1) is 32.9 Å². The van der Waals surface area contributed by atoms with Crippen molar-refractivity contribution in [3.8, 4) is 0 Å². The van der Waals surface area contributed by atoms with Crippen molar-refractivity contribution in [1.29, 1.82) is 5.41 Å². The summed E-state index contributed by atoms with van der Waals surface area (Å²) in [5.74, 6) is 0. The summed E-state index contributed by atoms with van der Waals surface area (Å²) in [7, 11) is 0. The maximum Gasteiger partial charge on any atom is 0.0960 e. The van der Waals surface area contributed by atoms with Crippen LogP contribution in [0.4, 0.5) is 11.4 Å². The number of aromatic nitrogens is 2. The number of nitrogens with two attached hydrogens (primary N) is 2. The van der Waals surface area contributed by atoms with Crippen molar-refractivity contribution in [1.82, 2.24) is 9.55 Å². The van der Waals surface area contributed by atoms with Gasteiger partial charge in [-0.1, -0.05) is 23.2 Å². The van der Waals surface area contributed by atoms with Crippen LogP contribution in [0.25, 0.3) is 21.9 Å². The van der Waals surface area contributed by atoms with Crippen LogP contribution in [0.2, 0.25) is 10.0 Å². The highest BCUT2D eigenvalue weighted by Crippen LogP contribution is 2.32. The highest BCUT2D eigenvalue weighted by atomic mass is 35.5. The number of anilines is 2. The van der Waals surface area contributed by atoms with E-state index < -0.39 is 0 Å². The van der Waals surface area contributed by atoms with Crippen molar-refractivity contribution in [2.45, 2.75) is 6.54 Å². The first-order valence-electron chi connectivity index (χ1n) is 8.58. The molecule has 6 N–H and O–H groups in total. The Morgan fingerprint density at radius 1 is 1.04 bits per heavy atom. The highest BCUT2D eigenvalue weighted by molar-refractivity contribution is 6.42. The standard InChI is InChI=1S/C19H16Cl2N4.CH4N2/c20-15-5-3-13(11-16(15)21)24-12-4-6-17-14(10-12)19-18(2-1-8-23-19)25(17)9-7-22;2-1-3/h1-6,8,10-11,24H,7,9,22H2;1H,(H3,2,3). The van der Waals surface area contributed by atoms with Gasteiger partial charge in [-0.3, -0.25) is 10.4 Å². The molecular formula is C20H20Cl2N6. The van der Waals surface area contributed by atoms with E-state index in [1.807, 2.05) is 30.5 Å². The minimum absolute atomic E-state index is 0.522. The molecule has 4 rings (SSSR count). The third kappa shape index (κ3) is 4.04. The number of nitrogens with zero attached hydrogens (tertiary/aromatic N) is 2. The summed E-state index contributed by atoms with van der Waals surface area (Å²) in [5, 5.41) is 11.4. The van der Waals surface area contributed by atoms with Gasteiger partial charge in [-0.05, 0) is 48.5 Å². The summed E-state index contributed by atoms with van der Waals surface area (Å²) < 4.78 is 2.21. The Labute approximate surface area is 172 Å². The Morgan fingerprint density at radius 2 is 1.75 bits per heavy atom. The molecule has 6 nitrogen and oxygen atoms in total. The molecule has 0 radical (unpaired) electrons. The molecule has 2 aromatic carbocycles. The molecule has 0 bridgehead atoms. The summed E-state index contributed by atoms with van der Waals surface area (Å²) in [6.07, 6.45) is 2.56. The molecular weight excluding hydrogens is 395 g/mol. The van der Waals surface area contributed by atoms with Crippen LogP contribution in [0.3, 0.4) is 0 Å². The quantitative estimate of drug-likeness (QED) is 0.285. The second-order valence-electron chi connectivity index (χ2n) is 5.96. The number of rotatable bonds is 4. The van der Waals surface area contributed by atoms with Gasteiger partial charge in [0.15, 0.2) is 0 Å². The lowest BCUT2D eigenvalue weighted by molar-refractivity contribution is 0.757. The van der Waals surface area contributed by atoms with Gasteiger partial charge in [-0.2, -0.15) is 0 Å². The maximum atomic E-state index is 6.09. The van der Waals surface area contributed by atoms with Crippen LogP contribution < -0.4 is 16.8 Å². The third-order valence-corrected chi connectivity index (χ3v) is 4.92. The first-order chi connectivity index (χ1) is 13.6. The predicted molar refractivity (Wildman–Crippen MR) is 119 cm³/mol. The van der Waals surface area contributed by atoms with Crippen molar-refractivity contribution < 1.29 is 0 Å². The lowest BCUT2D eigenvalue weighted by atomic mass is 10.2. The topological polar surface area (TPSA) is 106 Å². The van der Waals surface area contributed by atoms with E-state index in [0.717, 1.165) is 46.2 Å². The van der Waals surface area contributed by atoms with E-state index >= 15 is 0 Å². The van der Waals surface area contributed by atoms with Gasteiger partial charge in [0, 0.05) is 36.0 Å². The smallest absolute Gasteiger partial charge is 0.0960 e. The summed E-state index contributed by atoms with van der Waals surface area (Å²) >= 11 is 12.1. The minimum atomic E-state index is 0.522. The van der Waals surface area contributed by atoms with E-state index in [1.54, 1.807) is 6.07 Å². The fourth-order valence-electron chi connectivity index (χ4n) is 3.10. The maximum absolute atomic E-state index is 6.09. The van der Waals surface area contributed by atoms with Gasteiger partial charge in [0.1, 0.15) is 0 Å². The molecule has 0 aliphatic rings. The number of halogens is 2. The summed E-state index contributed by atoms with van der Waals surface area (Å²) in [4.78, 5) is 4.56. The molecule has 0 saturated carbocycles. The molecule has 2 heterocycles. The molecule has 0 aliphatic carbocycles. The van der Waals surface area contributed by atoms with E-state index in [4.69, 9.17) is 34.3 Å². The van der Waals surface area contributed by atoms with Crippen LogP contribution in [0.15, 0.2) is 54.7 Å². The van der Waals surface area contributed by atoms with Crippen LogP contribution in [-0.4, -0.2) is 22.4 Å². The summed E-state index contributed by atoms with van der Waals surface area (Å²) in [6.45, 7) is 1.34. The Hall–Kier alpha value is -2.80. The van der Waals surface area contributed by atoms with E-state index in [0.29, 0.717) is 16.6 Å². The van der Waals surface area contributed by atoms with E-state index in [-0.39, 0.29) is 0 Å². The highest BCUT2D eigenvalue weighted by Gasteiger charge is 2.11. The number of benzene rings is 2. The molecule has 4 aromatic rings. The first kappa shape index (κ1) is 19.9. The van der Waals surface area contributed by atoms with Gasteiger partial charge in [0.2, 0.25) is 0 Å². The zero-order valence-corrected chi connectivity index (χ0v) is 16.5. The SMILES string of the molecule is N=CN.NCCn1c2ccc(Nc3ccc(Cl)c(Cl)c3)cc2c2ncccc21. The normalized spacial score (nSPS) is 10.5. The molecule has 28 heavy (non-hydrogen) atoms. The Balaban J connectivity index is 0.000000706. The Morgan fingerprint density at radius 3 is 2.46 bits per heavy atom. The van der Waals surface area contributed by atoms with Crippen molar-refractivity contribution in [3.05, 3.63) is 64.8 Å². The molecule has 0 unspecified atom stereocenters. The fraction of sp³-hybridized carbons (Fsp3) is 0.100. The molecule has 144 valence electrons. The number of fused-ring (bicyclic) bond motifs is 3. The average Bonchev–Trinajstić information content (AvgIpc) is 2.99. The van der Waals surface area contributed by atoms with Crippen molar-refractivity contribution in [3.63, 3.8) is 0 Å². The van der Waals surface area contributed by atoms with E-state index in [2.05, 4.69) is 38.8 Å². The fourth-order valence-corrected chi connectivity index (χ4v) is 3.40. The van der Waals surface area contributed by atoms with Crippen molar-refractivity contribution in [2.75, 3.05) is 11.9 Å². The van der Waals surface area contributed by atoms with E-state index in [1.165, 1.54) is 0 Å². The van der Waals surface area contributed by atoms with Crippen LogP contribution in [0.1, 0.15) is 0 Å². The van der Waals surface area contributed by atoms with Crippen LogP contribution in [0.5, 0.6) is 0 Å². The molecule has 0 fully saturated rings. The Kier molecular flexibility index (Phi) is 6.36. The molecule has 8 heteroatoms. The first-order valence-corrected chi connectivity index (χ1v) is 9.34. The molecule has 0 saturated heterocycles. The van der Waals surface area contributed by atoms with Crippen LogP contribution in [0, 0.1) is 5.41 Å². The number of pyridine rings is 1. The van der Waals surface area contributed by atoms with Gasteiger partial charge in [-0.25, -0.2) is 0 Å². The van der Waals surface area contributed by atoms with Gasteiger partial charge < -0.3 is 21.4 Å². The molecule has 2 aromatic heterocycles. The molecule has 0 amide bonds. The number of hydrogen-bond acceptors (Lipinski definition) is 4. The summed E-state index contributed by atoms with van der Waals surface area (Å²) in [6, 6.07) is 15.7. The second kappa shape index (κ2) is 8.93. The summed E-state index contributed by atoms with van der Waals surface area (Å²) in [5.41, 5.74) is 15.2. The van der Waals surface area contributed by atoms with Crippen LogP contribution >= 0.6 is 23.2 Å². The lowest BCUT2D eigenvalue weighted by Gasteiger charge is -2.09. The zero-order valence-electron chi connectivity index (χ0n) is 15.0.